The highest BCUT2D eigenvalue weighted by Gasteiger charge is 2.62. The van der Waals surface area contributed by atoms with Crippen LogP contribution in [-0.2, 0) is 14.3 Å². The molecule has 0 unspecified atom stereocenters. The van der Waals surface area contributed by atoms with Crippen molar-refractivity contribution >= 4 is 11.9 Å². The molecule has 18 heavy (non-hydrogen) atoms. The van der Waals surface area contributed by atoms with Gasteiger partial charge in [-0.25, -0.2) is 4.79 Å². The van der Waals surface area contributed by atoms with Gasteiger partial charge in [0.2, 0.25) is 5.91 Å². The molecule has 0 radical (unpaired) electrons. The van der Waals surface area contributed by atoms with E-state index in [1.807, 2.05) is 20.8 Å². The lowest BCUT2D eigenvalue weighted by atomic mass is 9.87. The molecule has 2 saturated heterocycles. The van der Waals surface area contributed by atoms with E-state index in [2.05, 4.69) is 0 Å². The molecule has 2 aliphatic heterocycles. The van der Waals surface area contributed by atoms with E-state index < -0.39 is 16.7 Å². The second-order valence-corrected chi connectivity index (χ2v) is 6.69. The van der Waals surface area contributed by atoms with Gasteiger partial charge >= 0.3 is 5.97 Å². The van der Waals surface area contributed by atoms with Crippen LogP contribution < -0.4 is 5.73 Å². The topological polar surface area (TPSA) is 72.6 Å². The van der Waals surface area contributed by atoms with Crippen molar-refractivity contribution in [2.24, 2.45) is 5.73 Å². The lowest BCUT2D eigenvalue weighted by Crippen LogP contribution is -2.50. The van der Waals surface area contributed by atoms with Gasteiger partial charge in [-0.2, -0.15) is 0 Å². The van der Waals surface area contributed by atoms with Crippen LogP contribution >= 0.6 is 0 Å². The number of nitrogens with two attached hydrogens (primary N) is 1. The second-order valence-electron chi connectivity index (χ2n) is 6.69. The van der Waals surface area contributed by atoms with Crippen LogP contribution in [0.25, 0.3) is 0 Å². The predicted octanol–water partition coefficient (Wildman–Crippen LogP) is 0.810. The Labute approximate surface area is 108 Å². The Hall–Kier alpha value is -1.10. The highest BCUT2D eigenvalue weighted by Crippen LogP contribution is 2.44. The van der Waals surface area contributed by atoms with Crippen molar-refractivity contribution in [2.75, 3.05) is 6.54 Å². The molecule has 2 atom stereocenters. The monoisotopic (exact) mass is 254 g/mol. The fourth-order valence-electron chi connectivity index (χ4n) is 3.01. The zero-order chi connectivity index (χ0) is 13.8. The Balaban J connectivity index is 2.30. The summed E-state index contributed by atoms with van der Waals surface area (Å²) >= 11 is 0. The van der Waals surface area contributed by atoms with Crippen molar-refractivity contribution in [2.45, 2.75) is 63.6 Å². The average molecular weight is 254 g/mol. The molecular weight excluding hydrogens is 232 g/mol. The van der Waals surface area contributed by atoms with Crippen LogP contribution in [0.1, 0.15) is 47.0 Å². The van der Waals surface area contributed by atoms with Gasteiger partial charge in [0.1, 0.15) is 11.1 Å². The number of carbonyl (C=O) groups is 2. The van der Waals surface area contributed by atoms with E-state index in [9.17, 15) is 9.59 Å². The second kappa shape index (κ2) is 3.70. The molecule has 2 aliphatic rings. The quantitative estimate of drug-likeness (QED) is 0.703. The number of nitrogens with zero attached hydrogens (tertiary/aromatic N) is 1. The minimum atomic E-state index is -0.947. The smallest absolute Gasteiger partial charge is 0.332 e. The number of fused-ring (bicyclic) bond motifs is 1. The fourth-order valence-corrected chi connectivity index (χ4v) is 3.01. The first-order valence-corrected chi connectivity index (χ1v) is 6.43. The molecule has 0 aliphatic carbocycles. The van der Waals surface area contributed by atoms with Gasteiger partial charge in [-0.1, -0.05) is 0 Å². The number of hydrogen-bond donors (Lipinski definition) is 1. The Bertz CT molecular complexity index is 398. The first-order chi connectivity index (χ1) is 8.08. The van der Waals surface area contributed by atoms with Crippen LogP contribution in [0.4, 0.5) is 0 Å². The minimum absolute atomic E-state index is 0.133. The largest absolute Gasteiger partial charge is 0.458 e. The zero-order valence-electron chi connectivity index (χ0n) is 11.6. The molecule has 0 saturated carbocycles. The van der Waals surface area contributed by atoms with Crippen LogP contribution in [0.3, 0.4) is 0 Å². The Morgan fingerprint density at radius 1 is 1.44 bits per heavy atom. The highest BCUT2D eigenvalue weighted by molar-refractivity contribution is 5.97. The van der Waals surface area contributed by atoms with Crippen LogP contribution in [0.2, 0.25) is 0 Å². The molecule has 0 bridgehead atoms. The van der Waals surface area contributed by atoms with E-state index in [-0.39, 0.29) is 11.9 Å². The van der Waals surface area contributed by atoms with E-state index in [4.69, 9.17) is 10.5 Å². The number of ether oxygens (including phenoxy) is 1. The summed E-state index contributed by atoms with van der Waals surface area (Å²) in [4.78, 5) is 26.2. The molecule has 102 valence electrons. The van der Waals surface area contributed by atoms with Crippen LogP contribution in [0.15, 0.2) is 0 Å². The predicted molar refractivity (Wildman–Crippen MR) is 66.7 cm³/mol. The molecule has 0 aromatic carbocycles. The van der Waals surface area contributed by atoms with Crippen molar-refractivity contribution in [3.05, 3.63) is 0 Å². The number of rotatable bonds is 1. The van der Waals surface area contributed by atoms with E-state index in [0.29, 0.717) is 19.4 Å². The summed E-state index contributed by atoms with van der Waals surface area (Å²) in [5, 5.41) is 0. The molecule has 2 N–H and O–H groups in total. The molecule has 2 heterocycles. The van der Waals surface area contributed by atoms with Crippen molar-refractivity contribution in [1.29, 1.82) is 0 Å². The van der Waals surface area contributed by atoms with Gasteiger partial charge in [-0.3, -0.25) is 4.79 Å². The first kappa shape index (κ1) is 13.3. The lowest BCUT2D eigenvalue weighted by Gasteiger charge is -2.32. The number of esters is 1. The summed E-state index contributed by atoms with van der Waals surface area (Å²) in [6.07, 6.45) is 1.84. The minimum Gasteiger partial charge on any atom is -0.458 e. The number of carbonyl (C=O) groups excluding carboxylic acids is 2. The van der Waals surface area contributed by atoms with Crippen molar-refractivity contribution in [1.82, 2.24) is 4.90 Å². The normalized spacial score (nSPS) is 35.8. The van der Waals surface area contributed by atoms with Gasteiger partial charge in [0.05, 0.1) is 5.54 Å². The summed E-state index contributed by atoms with van der Waals surface area (Å²) in [6, 6.07) is 0. The lowest BCUT2D eigenvalue weighted by molar-refractivity contribution is -0.168. The van der Waals surface area contributed by atoms with E-state index in [1.54, 1.807) is 11.8 Å². The third kappa shape index (κ3) is 1.90. The number of hydrogen-bond acceptors (Lipinski definition) is 4. The molecule has 2 fully saturated rings. The molecule has 5 nitrogen and oxygen atoms in total. The molecular formula is C13H22N2O3. The van der Waals surface area contributed by atoms with Gasteiger partial charge in [-0.15, -0.1) is 0 Å². The van der Waals surface area contributed by atoms with E-state index in [1.165, 1.54) is 0 Å². The van der Waals surface area contributed by atoms with Gasteiger partial charge < -0.3 is 15.4 Å². The summed E-state index contributed by atoms with van der Waals surface area (Å²) in [6.45, 7) is 7.79. The molecule has 5 heteroatoms. The highest BCUT2D eigenvalue weighted by atomic mass is 16.6. The zero-order valence-corrected chi connectivity index (χ0v) is 11.6. The summed E-state index contributed by atoms with van der Waals surface area (Å²) in [7, 11) is 0. The Kier molecular flexibility index (Phi) is 2.74. The van der Waals surface area contributed by atoms with Crippen molar-refractivity contribution in [3.8, 4) is 0 Å². The Morgan fingerprint density at radius 2 is 2.06 bits per heavy atom. The number of amides is 1. The van der Waals surface area contributed by atoms with Gasteiger partial charge in [-0.05, 0) is 40.5 Å². The van der Waals surface area contributed by atoms with Crippen LogP contribution in [-0.4, -0.2) is 40.0 Å². The van der Waals surface area contributed by atoms with E-state index in [0.717, 1.165) is 6.42 Å². The van der Waals surface area contributed by atoms with Gasteiger partial charge in [0, 0.05) is 13.0 Å². The van der Waals surface area contributed by atoms with Gasteiger partial charge in [0.15, 0.2) is 0 Å². The summed E-state index contributed by atoms with van der Waals surface area (Å²) in [5.41, 5.74) is 3.68. The fraction of sp³-hybridized carbons (Fsp3) is 0.846. The molecule has 0 aromatic heterocycles. The Morgan fingerprint density at radius 3 is 2.61 bits per heavy atom. The SMILES string of the molecule is CC(C)(C)OC(=O)[C@]12CCCN1C(=O)[C@@](C)(N)C2. The third-order valence-corrected chi connectivity index (χ3v) is 3.66. The maximum Gasteiger partial charge on any atom is 0.332 e. The maximum atomic E-state index is 12.4. The average Bonchev–Trinajstić information content (AvgIpc) is 2.64. The molecule has 0 aromatic rings. The van der Waals surface area contributed by atoms with Crippen LogP contribution in [0.5, 0.6) is 0 Å². The summed E-state index contributed by atoms with van der Waals surface area (Å²) < 4.78 is 5.48. The first-order valence-electron chi connectivity index (χ1n) is 6.43. The third-order valence-electron chi connectivity index (χ3n) is 3.66. The van der Waals surface area contributed by atoms with E-state index >= 15 is 0 Å². The molecule has 1 amide bonds. The van der Waals surface area contributed by atoms with Crippen molar-refractivity contribution < 1.29 is 14.3 Å². The van der Waals surface area contributed by atoms with Gasteiger partial charge in [0.25, 0.3) is 0 Å². The maximum absolute atomic E-state index is 12.4. The standard InChI is InChI=1S/C13H22N2O3/c1-11(2,3)18-10(17)13-6-5-7-15(13)9(16)12(4,14)8-13/h5-8,14H2,1-4H3/t12-,13+/m0/s1. The molecule has 2 rings (SSSR count). The molecule has 0 spiro atoms. The summed E-state index contributed by atoms with van der Waals surface area (Å²) in [5.74, 6) is -0.444. The van der Waals surface area contributed by atoms with Crippen molar-refractivity contribution in [3.63, 3.8) is 0 Å². The van der Waals surface area contributed by atoms with Crippen LogP contribution in [0, 0.1) is 0 Å².